The number of amides is 2. The highest BCUT2D eigenvalue weighted by molar-refractivity contribution is 6.22. The topological polar surface area (TPSA) is 66.8 Å². The Morgan fingerprint density at radius 3 is 2.67 bits per heavy atom. The smallest absolute Gasteiger partial charge is 0.263 e. The van der Waals surface area contributed by atoms with Gasteiger partial charge in [0, 0.05) is 0 Å². The SMILES string of the molecule is CC(O)COC1CC(=O)N(c2ccccc2)C1=O. The van der Waals surface area contributed by atoms with E-state index in [1.807, 2.05) is 6.07 Å². The molecule has 0 bridgehead atoms. The predicted molar refractivity (Wildman–Crippen MR) is 65.0 cm³/mol. The summed E-state index contributed by atoms with van der Waals surface area (Å²) in [5.74, 6) is -0.645. The summed E-state index contributed by atoms with van der Waals surface area (Å²) in [7, 11) is 0. The van der Waals surface area contributed by atoms with Gasteiger partial charge in [0.15, 0.2) is 0 Å². The third-order valence-corrected chi connectivity index (χ3v) is 2.66. The molecule has 0 spiro atoms. The van der Waals surface area contributed by atoms with Crippen LogP contribution < -0.4 is 4.90 Å². The van der Waals surface area contributed by atoms with E-state index in [1.54, 1.807) is 31.2 Å². The number of aliphatic hydroxyl groups is 1. The van der Waals surface area contributed by atoms with Crippen LogP contribution in [0.4, 0.5) is 5.69 Å². The van der Waals surface area contributed by atoms with E-state index in [2.05, 4.69) is 0 Å². The molecule has 0 radical (unpaired) electrons. The van der Waals surface area contributed by atoms with Gasteiger partial charge in [-0.2, -0.15) is 0 Å². The lowest BCUT2D eigenvalue weighted by Gasteiger charge is -2.15. The van der Waals surface area contributed by atoms with Gasteiger partial charge in [-0.1, -0.05) is 18.2 Å². The zero-order valence-corrected chi connectivity index (χ0v) is 10.1. The van der Waals surface area contributed by atoms with Crippen LogP contribution in [0.1, 0.15) is 13.3 Å². The Kier molecular flexibility index (Phi) is 3.74. The normalized spacial score (nSPS) is 21.4. The number of nitrogens with zero attached hydrogens (tertiary/aromatic N) is 1. The second-order valence-corrected chi connectivity index (χ2v) is 4.28. The van der Waals surface area contributed by atoms with Crippen LogP contribution in [0.5, 0.6) is 0 Å². The van der Waals surface area contributed by atoms with Crippen molar-refractivity contribution in [2.75, 3.05) is 11.5 Å². The van der Waals surface area contributed by atoms with Crippen molar-refractivity contribution >= 4 is 17.5 Å². The molecule has 1 N–H and O–H groups in total. The van der Waals surface area contributed by atoms with Crippen molar-refractivity contribution in [3.05, 3.63) is 30.3 Å². The molecule has 2 rings (SSSR count). The molecule has 96 valence electrons. The summed E-state index contributed by atoms with van der Waals surface area (Å²) in [6, 6.07) is 8.75. The molecule has 1 saturated heterocycles. The number of benzene rings is 1. The lowest BCUT2D eigenvalue weighted by Crippen LogP contribution is -2.33. The molecule has 2 amide bonds. The maximum atomic E-state index is 12.0. The predicted octanol–water partition coefficient (Wildman–Crippen LogP) is 0.716. The van der Waals surface area contributed by atoms with Gasteiger partial charge in [-0.15, -0.1) is 0 Å². The maximum Gasteiger partial charge on any atom is 0.263 e. The van der Waals surface area contributed by atoms with Gasteiger partial charge in [-0.05, 0) is 19.1 Å². The molecule has 0 saturated carbocycles. The number of aliphatic hydroxyl groups excluding tert-OH is 1. The van der Waals surface area contributed by atoms with E-state index in [-0.39, 0.29) is 24.8 Å². The molecule has 2 atom stereocenters. The van der Waals surface area contributed by atoms with Crippen LogP contribution in [-0.2, 0) is 14.3 Å². The Balaban J connectivity index is 2.10. The van der Waals surface area contributed by atoms with Gasteiger partial charge in [0.25, 0.3) is 5.91 Å². The molecule has 0 aromatic heterocycles. The second-order valence-electron chi connectivity index (χ2n) is 4.28. The van der Waals surface area contributed by atoms with Crippen LogP contribution >= 0.6 is 0 Å². The minimum Gasteiger partial charge on any atom is -0.391 e. The molecule has 1 fully saturated rings. The molecular formula is C13H15NO4. The minimum absolute atomic E-state index is 0.0282. The zero-order valence-electron chi connectivity index (χ0n) is 10.1. The zero-order chi connectivity index (χ0) is 13.1. The summed E-state index contributed by atoms with van der Waals surface area (Å²) in [6.45, 7) is 1.61. The molecule has 1 heterocycles. The van der Waals surface area contributed by atoms with Crippen LogP contribution in [0, 0.1) is 0 Å². The Labute approximate surface area is 105 Å². The third-order valence-electron chi connectivity index (χ3n) is 2.66. The van der Waals surface area contributed by atoms with Crippen molar-refractivity contribution in [1.29, 1.82) is 0 Å². The van der Waals surface area contributed by atoms with Gasteiger partial charge in [-0.25, -0.2) is 4.90 Å². The number of rotatable bonds is 4. The van der Waals surface area contributed by atoms with Crippen LogP contribution in [0.3, 0.4) is 0 Å². The van der Waals surface area contributed by atoms with E-state index in [0.29, 0.717) is 5.69 Å². The number of carbonyl (C=O) groups excluding carboxylic acids is 2. The Morgan fingerprint density at radius 2 is 2.06 bits per heavy atom. The van der Waals surface area contributed by atoms with E-state index in [0.717, 1.165) is 4.90 Å². The number of imide groups is 1. The Bertz CT molecular complexity index is 444. The standard InChI is InChI=1S/C13H15NO4/c1-9(15)8-18-11-7-12(16)14(13(11)17)10-5-3-2-4-6-10/h2-6,9,11,15H,7-8H2,1H3. The molecule has 5 heteroatoms. The van der Waals surface area contributed by atoms with Crippen molar-refractivity contribution < 1.29 is 19.4 Å². The molecule has 1 aliphatic heterocycles. The molecule has 2 unspecified atom stereocenters. The quantitative estimate of drug-likeness (QED) is 0.798. The Hall–Kier alpha value is -1.72. The van der Waals surface area contributed by atoms with Crippen LogP contribution in [0.15, 0.2) is 30.3 Å². The average Bonchev–Trinajstić information content (AvgIpc) is 2.63. The number of para-hydroxylation sites is 1. The fourth-order valence-corrected chi connectivity index (χ4v) is 1.84. The van der Waals surface area contributed by atoms with Crippen LogP contribution in [0.2, 0.25) is 0 Å². The van der Waals surface area contributed by atoms with Crippen molar-refractivity contribution in [3.63, 3.8) is 0 Å². The van der Waals surface area contributed by atoms with Gasteiger partial charge in [0.1, 0.15) is 6.10 Å². The van der Waals surface area contributed by atoms with Gasteiger partial charge >= 0.3 is 0 Å². The second kappa shape index (κ2) is 5.29. The lowest BCUT2D eigenvalue weighted by atomic mass is 10.3. The van der Waals surface area contributed by atoms with E-state index in [1.165, 1.54) is 0 Å². The number of carbonyl (C=O) groups is 2. The largest absolute Gasteiger partial charge is 0.391 e. The van der Waals surface area contributed by atoms with Gasteiger partial charge in [0.05, 0.1) is 24.8 Å². The number of anilines is 1. The minimum atomic E-state index is -0.785. The number of hydrogen-bond acceptors (Lipinski definition) is 4. The molecule has 1 aromatic rings. The van der Waals surface area contributed by atoms with Crippen molar-refractivity contribution in [3.8, 4) is 0 Å². The first-order valence-electron chi connectivity index (χ1n) is 5.81. The van der Waals surface area contributed by atoms with E-state index in [9.17, 15) is 9.59 Å². The highest BCUT2D eigenvalue weighted by Gasteiger charge is 2.40. The summed E-state index contributed by atoms with van der Waals surface area (Å²) in [6.07, 6.45) is -1.41. The average molecular weight is 249 g/mol. The number of hydrogen-bond donors (Lipinski definition) is 1. The van der Waals surface area contributed by atoms with E-state index in [4.69, 9.17) is 9.84 Å². The molecule has 5 nitrogen and oxygen atoms in total. The highest BCUT2D eigenvalue weighted by Crippen LogP contribution is 2.23. The molecular weight excluding hydrogens is 234 g/mol. The third kappa shape index (κ3) is 2.57. The van der Waals surface area contributed by atoms with Crippen molar-refractivity contribution in [2.45, 2.75) is 25.6 Å². The van der Waals surface area contributed by atoms with Crippen LogP contribution in [-0.4, -0.2) is 35.7 Å². The van der Waals surface area contributed by atoms with Gasteiger partial charge < -0.3 is 9.84 Å². The monoisotopic (exact) mass is 249 g/mol. The lowest BCUT2D eigenvalue weighted by molar-refractivity contribution is -0.128. The highest BCUT2D eigenvalue weighted by atomic mass is 16.5. The number of ether oxygens (including phenoxy) is 1. The molecule has 0 aliphatic carbocycles. The summed E-state index contributed by atoms with van der Waals surface area (Å²) >= 11 is 0. The van der Waals surface area contributed by atoms with Gasteiger partial charge in [-0.3, -0.25) is 9.59 Å². The van der Waals surface area contributed by atoms with Crippen molar-refractivity contribution in [1.82, 2.24) is 0 Å². The summed E-state index contributed by atoms with van der Waals surface area (Å²) in [4.78, 5) is 25.0. The first-order valence-corrected chi connectivity index (χ1v) is 5.81. The fraction of sp³-hybridized carbons (Fsp3) is 0.385. The van der Waals surface area contributed by atoms with Crippen LogP contribution in [0.25, 0.3) is 0 Å². The fourth-order valence-electron chi connectivity index (χ4n) is 1.84. The first kappa shape index (κ1) is 12.7. The Morgan fingerprint density at radius 1 is 1.39 bits per heavy atom. The molecule has 1 aliphatic rings. The van der Waals surface area contributed by atoms with Gasteiger partial charge in [0.2, 0.25) is 5.91 Å². The van der Waals surface area contributed by atoms with Crippen molar-refractivity contribution in [2.24, 2.45) is 0 Å². The summed E-state index contributed by atoms with van der Waals surface area (Å²) in [5.41, 5.74) is 0.552. The molecule has 18 heavy (non-hydrogen) atoms. The first-order chi connectivity index (χ1) is 8.59. The van der Waals surface area contributed by atoms with E-state index < -0.39 is 12.2 Å². The summed E-state index contributed by atoms with van der Waals surface area (Å²) in [5, 5.41) is 9.11. The molecule has 1 aromatic carbocycles. The van der Waals surface area contributed by atoms with E-state index >= 15 is 0 Å². The maximum absolute atomic E-state index is 12.0. The summed E-state index contributed by atoms with van der Waals surface area (Å²) < 4.78 is 5.24.